The van der Waals surface area contributed by atoms with Crippen LogP contribution in [0, 0.1) is 0 Å². The van der Waals surface area contributed by atoms with Crippen molar-refractivity contribution in [3.63, 3.8) is 0 Å². The van der Waals surface area contributed by atoms with Crippen molar-refractivity contribution < 1.29 is 9.53 Å². The van der Waals surface area contributed by atoms with Gasteiger partial charge in [0.25, 0.3) is 0 Å². The van der Waals surface area contributed by atoms with E-state index in [-0.39, 0.29) is 5.82 Å². The van der Waals surface area contributed by atoms with Crippen LogP contribution in [0.4, 0.5) is 5.69 Å². The summed E-state index contributed by atoms with van der Waals surface area (Å²) in [4.78, 5) is 18.3. The van der Waals surface area contributed by atoms with Gasteiger partial charge in [-0.2, -0.15) is 0 Å². The number of H-pyrrole nitrogens is 1. The summed E-state index contributed by atoms with van der Waals surface area (Å²) in [5.74, 6) is -0.280. The second-order valence-electron chi connectivity index (χ2n) is 3.05. The Morgan fingerprint density at radius 1 is 1.60 bits per heavy atom. The largest absolute Gasteiger partial charge is 0.460 e. The minimum absolute atomic E-state index is 0.185. The Morgan fingerprint density at radius 2 is 2.40 bits per heavy atom. The van der Waals surface area contributed by atoms with Crippen LogP contribution in [0.15, 0.2) is 18.2 Å². The van der Waals surface area contributed by atoms with Gasteiger partial charge in [-0.3, -0.25) is 0 Å². The third-order valence-corrected chi connectivity index (χ3v) is 2.01. The Bertz CT molecular complexity index is 504. The Balaban J connectivity index is 2.47. The van der Waals surface area contributed by atoms with E-state index in [2.05, 4.69) is 9.97 Å². The van der Waals surface area contributed by atoms with Gasteiger partial charge in [-0.05, 0) is 19.1 Å². The van der Waals surface area contributed by atoms with Gasteiger partial charge in [0.1, 0.15) is 5.52 Å². The third kappa shape index (κ3) is 1.63. The van der Waals surface area contributed by atoms with E-state index >= 15 is 0 Å². The highest BCUT2D eigenvalue weighted by molar-refractivity contribution is 5.94. The molecule has 15 heavy (non-hydrogen) atoms. The highest BCUT2D eigenvalue weighted by atomic mass is 16.5. The molecular weight excluding hydrogens is 194 g/mol. The minimum atomic E-state index is -0.465. The summed E-state index contributed by atoms with van der Waals surface area (Å²) in [6.45, 7) is 2.07. The molecule has 1 aromatic heterocycles. The van der Waals surface area contributed by atoms with Gasteiger partial charge >= 0.3 is 5.97 Å². The molecule has 0 atom stereocenters. The van der Waals surface area contributed by atoms with Crippen molar-refractivity contribution in [1.82, 2.24) is 9.97 Å². The van der Waals surface area contributed by atoms with Gasteiger partial charge in [0, 0.05) is 0 Å². The Labute approximate surface area is 86.3 Å². The van der Waals surface area contributed by atoms with Crippen LogP contribution in [0.1, 0.15) is 17.5 Å². The molecule has 3 N–H and O–H groups in total. The lowest BCUT2D eigenvalue weighted by Gasteiger charge is -1.95. The topological polar surface area (TPSA) is 81.0 Å². The third-order valence-electron chi connectivity index (χ3n) is 2.01. The average molecular weight is 205 g/mol. The van der Waals surface area contributed by atoms with E-state index in [1.54, 1.807) is 25.1 Å². The summed E-state index contributed by atoms with van der Waals surface area (Å²) in [7, 11) is 0. The number of carbonyl (C=O) groups excluding carboxylic acids is 1. The van der Waals surface area contributed by atoms with E-state index in [0.717, 1.165) is 5.52 Å². The standard InChI is InChI=1S/C10H11N3O2/c1-2-15-10(14)9-12-7-5-3-4-6(11)8(7)13-9/h3-5H,2,11H2,1H3,(H,12,13). The number of hydrogen-bond acceptors (Lipinski definition) is 4. The molecule has 1 heterocycles. The molecule has 0 unspecified atom stereocenters. The van der Waals surface area contributed by atoms with Crippen molar-refractivity contribution in [2.75, 3.05) is 12.3 Å². The summed E-state index contributed by atoms with van der Waals surface area (Å²) in [6, 6.07) is 5.34. The van der Waals surface area contributed by atoms with E-state index in [9.17, 15) is 4.79 Å². The van der Waals surface area contributed by atoms with Crippen LogP contribution in [0.2, 0.25) is 0 Å². The van der Waals surface area contributed by atoms with Gasteiger partial charge in [-0.25, -0.2) is 9.78 Å². The van der Waals surface area contributed by atoms with Gasteiger partial charge in [-0.15, -0.1) is 0 Å². The molecule has 0 fully saturated rings. The first-order chi connectivity index (χ1) is 7.22. The summed E-state index contributed by atoms with van der Waals surface area (Å²) < 4.78 is 4.82. The lowest BCUT2D eigenvalue weighted by molar-refractivity contribution is 0.0514. The summed E-state index contributed by atoms with van der Waals surface area (Å²) in [5, 5.41) is 0. The van der Waals surface area contributed by atoms with Crippen LogP contribution >= 0.6 is 0 Å². The smallest absolute Gasteiger partial charge is 0.374 e. The number of nitrogens with zero attached hydrogens (tertiary/aromatic N) is 1. The zero-order chi connectivity index (χ0) is 10.8. The number of nitrogens with two attached hydrogens (primary N) is 1. The predicted molar refractivity (Wildman–Crippen MR) is 56.5 cm³/mol. The van der Waals surface area contributed by atoms with Crippen molar-refractivity contribution in [2.24, 2.45) is 0 Å². The van der Waals surface area contributed by atoms with E-state index in [4.69, 9.17) is 10.5 Å². The van der Waals surface area contributed by atoms with Gasteiger partial charge in [0.05, 0.1) is 17.8 Å². The molecule has 0 aliphatic heterocycles. The zero-order valence-corrected chi connectivity index (χ0v) is 8.28. The van der Waals surface area contributed by atoms with Gasteiger partial charge in [0.15, 0.2) is 0 Å². The number of aromatic amines is 1. The van der Waals surface area contributed by atoms with Gasteiger partial charge in [-0.1, -0.05) is 6.07 Å². The highest BCUT2D eigenvalue weighted by Gasteiger charge is 2.12. The first kappa shape index (κ1) is 9.51. The van der Waals surface area contributed by atoms with Crippen LogP contribution in [0.5, 0.6) is 0 Å². The van der Waals surface area contributed by atoms with E-state index in [1.807, 2.05) is 0 Å². The normalized spacial score (nSPS) is 10.5. The molecule has 2 rings (SSSR count). The molecule has 0 bridgehead atoms. The second kappa shape index (κ2) is 3.61. The molecule has 2 aromatic rings. The maximum atomic E-state index is 11.4. The van der Waals surface area contributed by atoms with E-state index in [1.165, 1.54) is 0 Å². The van der Waals surface area contributed by atoms with Crippen LogP contribution in [-0.4, -0.2) is 22.5 Å². The van der Waals surface area contributed by atoms with Crippen molar-refractivity contribution >= 4 is 22.7 Å². The molecule has 0 aliphatic carbocycles. The maximum absolute atomic E-state index is 11.4. The maximum Gasteiger partial charge on any atom is 0.374 e. The molecule has 5 heteroatoms. The number of imidazole rings is 1. The number of anilines is 1. The van der Waals surface area contributed by atoms with Gasteiger partial charge < -0.3 is 15.5 Å². The number of carbonyl (C=O) groups is 1. The van der Waals surface area contributed by atoms with Crippen LogP contribution in [-0.2, 0) is 4.74 Å². The molecular formula is C10H11N3O2. The molecule has 78 valence electrons. The number of ether oxygens (including phenoxy) is 1. The number of fused-ring (bicyclic) bond motifs is 1. The fourth-order valence-electron chi connectivity index (χ4n) is 1.35. The Kier molecular flexibility index (Phi) is 2.29. The predicted octanol–water partition coefficient (Wildman–Crippen LogP) is 1.32. The number of nitrogens with one attached hydrogen (secondary N) is 1. The number of para-hydroxylation sites is 1. The number of hydrogen-bond donors (Lipinski definition) is 2. The number of aromatic nitrogens is 2. The zero-order valence-electron chi connectivity index (χ0n) is 8.28. The van der Waals surface area contributed by atoms with E-state index < -0.39 is 5.97 Å². The number of nitrogen functional groups attached to an aromatic ring is 1. The fourth-order valence-corrected chi connectivity index (χ4v) is 1.35. The molecule has 1 aromatic carbocycles. The molecule has 0 saturated heterocycles. The summed E-state index contributed by atoms with van der Waals surface area (Å²) in [6.07, 6.45) is 0. The fraction of sp³-hybridized carbons (Fsp3) is 0.200. The first-order valence-corrected chi connectivity index (χ1v) is 4.63. The van der Waals surface area contributed by atoms with E-state index in [0.29, 0.717) is 17.8 Å². The monoisotopic (exact) mass is 205 g/mol. The molecule has 0 radical (unpaired) electrons. The number of rotatable bonds is 2. The SMILES string of the molecule is CCOC(=O)c1nc2c(N)cccc2[nH]1. The van der Waals surface area contributed by atoms with Crippen LogP contribution in [0.3, 0.4) is 0 Å². The number of esters is 1. The van der Waals surface area contributed by atoms with Crippen molar-refractivity contribution in [3.05, 3.63) is 24.0 Å². The van der Waals surface area contributed by atoms with Gasteiger partial charge in [0.2, 0.25) is 5.82 Å². The average Bonchev–Trinajstić information content (AvgIpc) is 2.63. The number of benzene rings is 1. The first-order valence-electron chi connectivity index (χ1n) is 4.63. The van der Waals surface area contributed by atoms with Crippen LogP contribution in [0.25, 0.3) is 11.0 Å². The molecule has 0 saturated carbocycles. The Hall–Kier alpha value is -2.04. The van der Waals surface area contributed by atoms with Crippen LogP contribution < -0.4 is 5.73 Å². The molecule has 0 amide bonds. The Morgan fingerprint density at radius 3 is 3.07 bits per heavy atom. The summed E-state index contributed by atoms with van der Waals surface area (Å²) >= 11 is 0. The quantitative estimate of drug-likeness (QED) is 0.572. The summed E-state index contributed by atoms with van der Waals surface area (Å²) in [5.41, 5.74) is 7.58. The molecule has 0 spiro atoms. The van der Waals surface area contributed by atoms with Crippen molar-refractivity contribution in [3.8, 4) is 0 Å². The highest BCUT2D eigenvalue weighted by Crippen LogP contribution is 2.18. The van der Waals surface area contributed by atoms with Crippen molar-refractivity contribution in [1.29, 1.82) is 0 Å². The molecule has 5 nitrogen and oxygen atoms in total. The van der Waals surface area contributed by atoms with Crippen molar-refractivity contribution in [2.45, 2.75) is 6.92 Å². The lowest BCUT2D eigenvalue weighted by Crippen LogP contribution is -2.06. The second-order valence-corrected chi connectivity index (χ2v) is 3.05. The minimum Gasteiger partial charge on any atom is -0.460 e. The molecule has 0 aliphatic rings. The lowest BCUT2D eigenvalue weighted by atomic mass is 10.3.